The summed E-state index contributed by atoms with van der Waals surface area (Å²) in [5.41, 5.74) is 1.80. The van der Waals surface area contributed by atoms with Crippen molar-refractivity contribution in [1.29, 1.82) is 0 Å². The summed E-state index contributed by atoms with van der Waals surface area (Å²) in [6.07, 6.45) is 0.329. The van der Waals surface area contributed by atoms with Gasteiger partial charge in [0.05, 0.1) is 15.6 Å². The van der Waals surface area contributed by atoms with Crippen molar-refractivity contribution >= 4 is 50.7 Å². The van der Waals surface area contributed by atoms with Gasteiger partial charge in [-0.15, -0.1) is 0 Å². The summed E-state index contributed by atoms with van der Waals surface area (Å²) < 4.78 is 28.6. The van der Waals surface area contributed by atoms with Gasteiger partial charge in [0.2, 0.25) is 11.8 Å². The van der Waals surface area contributed by atoms with E-state index < -0.39 is 28.5 Å². The molecule has 0 aromatic heterocycles. The van der Waals surface area contributed by atoms with Crippen LogP contribution in [0.5, 0.6) is 0 Å². The van der Waals surface area contributed by atoms with Crippen molar-refractivity contribution in [2.24, 2.45) is 0 Å². The van der Waals surface area contributed by atoms with Gasteiger partial charge in [-0.25, -0.2) is 8.42 Å². The zero-order valence-electron chi connectivity index (χ0n) is 20.8. The molecule has 0 saturated heterocycles. The number of nitrogens with one attached hydrogen (secondary N) is 1. The van der Waals surface area contributed by atoms with E-state index in [-0.39, 0.29) is 28.1 Å². The lowest BCUT2D eigenvalue weighted by molar-refractivity contribution is -0.140. The van der Waals surface area contributed by atoms with Crippen LogP contribution in [0.4, 0.5) is 5.69 Å². The van der Waals surface area contributed by atoms with Gasteiger partial charge in [0.15, 0.2) is 0 Å². The van der Waals surface area contributed by atoms with Crippen LogP contribution in [0.3, 0.4) is 0 Å². The highest BCUT2D eigenvalue weighted by Gasteiger charge is 2.34. The van der Waals surface area contributed by atoms with Crippen molar-refractivity contribution in [3.8, 4) is 0 Å². The molecule has 7 nitrogen and oxygen atoms in total. The number of benzene rings is 3. The predicted octanol–water partition coefficient (Wildman–Crippen LogP) is 5.05. The predicted molar refractivity (Wildman–Crippen MR) is 147 cm³/mol. The number of sulfonamides is 1. The number of hydrogen-bond donors (Lipinski definition) is 1. The number of hydrogen-bond acceptors (Lipinski definition) is 4. The van der Waals surface area contributed by atoms with Crippen molar-refractivity contribution in [2.75, 3.05) is 17.9 Å². The second kappa shape index (κ2) is 12.4. The molecule has 196 valence electrons. The van der Waals surface area contributed by atoms with Gasteiger partial charge in [0.1, 0.15) is 12.6 Å². The van der Waals surface area contributed by atoms with Crippen molar-refractivity contribution in [3.63, 3.8) is 0 Å². The van der Waals surface area contributed by atoms with Gasteiger partial charge in [0, 0.05) is 18.6 Å². The molecule has 3 rings (SSSR count). The Labute approximate surface area is 228 Å². The summed E-state index contributed by atoms with van der Waals surface area (Å²) in [7, 11) is -2.68. The molecule has 0 aliphatic carbocycles. The third-order valence-electron chi connectivity index (χ3n) is 5.91. The third kappa shape index (κ3) is 6.83. The highest BCUT2D eigenvalue weighted by atomic mass is 35.5. The monoisotopic (exact) mass is 561 g/mol. The normalized spacial score (nSPS) is 12.0. The minimum absolute atomic E-state index is 0.0217. The second-order valence-electron chi connectivity index (χ2n) is 8.46. The highest BCUT2D eigenvalue weighted by Crippen LogP contribution is 2.31. The summed E-state index contributed by atoms with van der Waals surface area (Å²) in [6.45, 7) is 3.17. The molecule has 0 unspecified atom stereocenters. The molecule has 1 N–H and O–H groups in total. The second-order valence-corrected chi connectivity index (χ2v) is 11.2. The number of likely N-dealkylation sites (N-methyl/N-ethyl adjacent to an activating group) is 1. The van der Waals surface area contributed by atoms with Crippen LogP contribution in [-0.4, -0.2) is 44.8 Å². The molecule has 0 saturated carbocycles. The van der Waals surface area contributed by atoms with Gasteiger partial charge >= 0.3 is 0 Å². The van der Waals surface area contributed by atoms with Crippen molar-refractivity contribution in [2.45, 2.75) is 37.8 Å². The van der Waals surface area contributed by atoms with Crippen LogP contribution < -0.4 is 9.62 Å². The maximum absolute atomic E-state index is 13.8. The smallest absolute Gasteiger partial charge is 0.264 e. The Morgan fingerprint density at radius 2 is 1.57 bits per heavy atom. The van der Waals surface area contributed by atoms with Gasteiger partial charge in [-0.2, -0.15) is 0 Å². The first-order valence-electron chi connectivity index (χ1n) is 11.7. The minimum atomic E-state index is -4.18. The van der Waals surface area contributed by atoms with E-state index in [0.717, 1.165) is 15.4 Å². The summed E-state index contributed by atoms with van der Waals surface area (Å²) >= 11 is 12.4. The number of carbonyl (C=O) groups excluding carboxylic acids is 2. The zero-order chi connectivity index (χ0) is 27.2. The molecule has 0 radical (unpaired) electrons. The number of rotatable bonds is 10. The molecule has 3 aromatic carbocycles. The van der Waals surface area contributed by atoms with E-state index in [1.54, 1.807) is 67.6 Å². The standard InChI is InChI=1S/C27H29Cl2N3O4S/c1-4-24(27(34)30-3)31(17-20-11-13-21(28)14-12-20)26(33)18-32(25-8-6-5-7-23(25)29)37(35,36)22-15-9-19(2)10-16-22/h5-16,24H,4,17-18H2,1-3H3,(H,30,34)/t24-/m0/s1. The molecule has 37 heavy (non-hydrogen) atoms. The Morgan fingerprint density at radius 3 is 2.14 bits per heavy atom. The molecule has 1 atom stereocenters. The van der Waals surface area contributed by atoms with E-state index in [1.165, 1.54) is 24.1 Å². The molecule has 2 amide bonds. The molecular formula is C27H29Cl2N3O4S. The molecule has 0 heterocycles. The average Bonchev–Trinajstić information content (AvgIpc) is 2.88. The van der Waals surface area contributed by atoms with E-state index in [2.05, 4.69) is 5.32 Å². The Balaban J connectivity index is 2.06. The van der Waals surface area contributed by atoms with E-state index in [9.17, 15) is 18.0 Å². The average molecular weight is 563 g/mol. The molecule has 0 spiro atoms. The number of nitrogens with zero attached hydrogens (tertiary/aromatic N) is 2. The number of amides is 2. The van der Waals surface area contributed by atoms with Crippen molar-refractivity contribution in [3.05, 3.63) is 94.0 Å². The number of para-hydroxylation sites is 1. The minimum Gasteiger partial charge on any atom is -0.357 e. The van der Waals surface area contributed by atoms with Gasteiger partial charge in [-0.1, -0.05) is 72.1 Å². The summed E-state index contributed by atoms with van der Waals surface area (Å²) in [6, 6.07) is 18.9. The molecule has 0 bridgehead atoms. The van der Waals surface area contributed by atoms with E-state index in [4.69, 9.17) is 23.2 Å². The number of carbonyl (C=O) groups is 2. The van der Waals surface area contributed by atoms with Gasteiger partial charge in [-0.05, 0) is 55.3 Å². The first-order chi connectivity index (χ1) is 17.6. The van der Waals surface area contributed by atoms with Gasteiger partial charge < -0.3 is 10.2 Å². The largest absolute Gasteiger partial charge is 0.357 e. The van der Waals surface area contributed by atoms with Gasteiger partial charge in [-0.3, -0.25) is 13.9 Å². The lowest BCUT2D eigenvalue weighted by atomic mass is 10.1. The van der Waals surface area contributed by atoms with E-state index >= 15 is 0 Å². The molecular weight excluding hydrogens is 533 g/mol. The lowest BCUT2D eigenvalue weighted by Crippen LogP contribution is -2.51. The Hall–Kier alpha value is -3.07. The van der Waals surface area contributed by atoms with Crippen LogP contribution in [0.2, 0.25) is 10.0 Å². The fraction of sp³-hybridized carbons (Fsp3) is 0.259. The number of anilines is 1. The summed E-state index contributed by atoms with van der Waals surface area (Å²) in [5.74, 6) is -0.906. The molecule has 3 aromatic rings. The molecule has 0 aliphatic heterocycles. The molecule has 10 heteroatoms. The van der Waals surface area contributed by atoms with Crippen molar-refractivity contribution in [1.82, 2.24) is 10.2 Å². The fourth-order valence-corrected chi connectivity index (χ4v) is 5.72. The quantitative estimate of drug-likeness (QED) is 0.375. The molecule has 0 fully saturated rings. The van der Waals surface area contributed by atoms with E-state index in [1.807, 2.05) is 6.92 Å². The van der Waals surface area contributed by atoms with Gasteiger partial charge in [0.25, 0.3) is 10.0 Å². The highest BCUT2D eigenvalue weighted by molar-refractivity contribution is 7.92. The number of aryl methyl sites for hydroxylation is 1. The first-order valence-corrected chi connectivity index (χ1v) is 13.9. The Morgan fingerprint density at radius 1 is 0.946 bits per heavy atom. The number of halogens is 2. The van der Waals surface area contributed by atoms with Crippen LogP contribution in [0.15, 0.2) is 77.7 Å². The maximum Gasteiger partial charge on any atom is 0.264 e. The van der Waals surface area contributed by atoms with Crippen LogP contribution >= 0.6 is 23.2 Å². The zero-order valence-corrected chi connectivity index (χ0v) is 23.1. The third-order valence-corrected chi connectivity index (χ3v) is 8.25. The topological polar surface area (TPSA) is 86.8 Å². The maximum atomic E-state index is 13.8. The SMILES string of the molecule is CC[C@@H](C(=O)NC)N(Cc1ccc(Cl)cc1)C(=O)CN(c1ccccc1Cl)S(=O)(=O)c1ccc(C)cc1. The summed E-state index contributed by atoms with van der Waals surface area (Å²) in [4.78, 5) is 28.0. The summed E-state index contributed by atoms with van der Waals surface area (Å²) in [5, 5.41) is 3.31. The van der Waals surface area contributed by atoms with Crippen LogP contribution in [0.1, 0.15) is 24.5 Å². The van der Waals surface area contributed by atoms with Crippen molar-refractivity contribution < 1.29 is 18.0 Å². The van der Waals surface area contributed by atoms with Crippen LogP contribution in [0.25, 0.3) is 0 Å². The first kappa shape index (κ1) is 28.5. The van der Waals surface area contributed by atoms with E-state index in [0.29, 0.717) is 11.4 Å². The van der Waals surface area contributed by atoms with Crippen LogP contribution in [0, 0.1) is 6.92 Å². The Bertz CT molecular complexity index is 1350. The fourth-order valence-electron chi connectivity index (χ4n) is 3.88. The lowest BCUT2D eigenvalue weighted by Gasteiger charge is -2.33. The molecule has 0 aliphatic rings. The Kier molecular flexibility index (Phi) is 9.59. The van der Waals surface area contributed by atoms with Crippen LogP contribution in [-0.2, 0) is 26.2 Å².